The van der Waals surface area contributed by atoms with Crippen molar-refractivity contribution < 1.29 is 17.9 Å². The number of amides is 1. The number of carbonyl (C=O) groups excluding carboxylic acids is 1. The van der Waals surface area contributed by atoms with E-state index in [0.717, 1.165) is 22.7 Å². The van der Waals surface area contributed by atoms with Gasteiger partial charge in [0.05, 0.1) is 16.7 Å². The summed E-state index contributed by atoms with van der Waals surface area (Å²) in [4.78, 5) is 12.6. The molecule has 1 amide bonds. The molecule has 0 radical (unpaired) electrons. The number of hydrogen-bond donors (Lipinski definition) is 1. The molecule has 0 spiro atoms. The Kier molecular flexibility index (Phi) is 6.59. The summed E-state index contributed by atoms with van der Waals surface area (Å²) in [5.41, 5.74) is 1.32. The second-order valence-corrected chi connectivity index (χ2v) is 9.04. The van der Waals surface area contributed by atoms with Gasteiger partial charge in [-0.1, -0.05) is 29.3 Å². The molecule has 1 atom stereocenters. The van der Waals surface area contributed by atoms with E-state index in [1.54, 1.807) is 36.4 Å². The van der Waals surface area contributed by atoms with Crippen LogP contribution < -0.4 is 9.62 Å². The van der Waals surface area contributed by atoms with E-state index in [4.69, 9.17) is 16.3 Å². The number of nitrogens with zero attached hydrogens (tertiary/aromatic N) is 1. The van der Waals surface area contributed by atoms with Crippen molar-refractivity contribution in [3.05, 3.63) is 59.1 Å². The number of benzene rings is 2. The molecule has 1 heterocycles. The van der Waals surface area contributed by atoms with E-state index in [9.17, 15) is 13.2 Å². The minimum atomic E-state index is -3.92. The molecule has 0 saturated carbocycles. The largest absolute Gasteiger partial charge is 0.376 e. The minimum absolute atomic E-state index is 0.0124. The van der Waals surface area contributed by atoms with Crippen molar-refractivity contribution in [2.24, 2.45) is 0 Å². The molecule has 8 heteroatoms. The topological polar surface area (TPSA) is 75.7 Å². The first-order valence-electron chi connectivity index (χ1n) is 9.09. The van der Waals surface area contributed by atoms with Crippen LogP contribution in [-0.2, 0) is 19.6 Å². The molecule has 0 unspecified atom stereocenters. The average Bonchev–Trinajstić information content (AvgIpc) is 3.19. The molecule has 2 aromatic rings. The summed E-state index contributed by atoms with van der Waals surface area (Å²) in [5.74, 6) is -0.388. The maximum atomic E-state index is 13.2. The molecule has 150 valence electrons. The zero-order valence-corrected chi connectivity index (χ0v) is 17.2. The van der Waals surface area contributed by atoms with Gasteiger partial charge in [0.2, 0.25) is 5.91 Å². The monoisotopic (exact) mass is 422 g/mol. The Balaban J connectivity index is 1.83. The Morgan fingerprint density at radius 2 is 1.86 bits per heavy atom. The van der Waals surface area contributed by atoms with Gasteiger partial charge in [-0.05, 0) is 56.2 Å². The van der Waals surface area contributed by atoms with Gasteiger partial charge in [0.15, 0.2) is 0 Å². The summed E-state index contributed by atoms with van der Waals surface area (Å²) in [5, 5.41) is 3.26. The van der Waals surface area contributed by atoms with Crippen molar-refractivity contribution in [1.82, 2.24) is 5.32 Å². The van der Waals surface area contributed by atoms with Gasteiger partial charge in [0.1, 0.15) is 6.54 Å². The lowest BCUT2D eigenvalue weighted by atomic mass is 10.2. The highest BCUT2D eigenvalue weighted by atomic mass is 35.5. The van der Waals surface area contributed by atoms with Gasteiger partial charge in [-0.3, -0.25) is 9.10 Å². The van der Waals surface area contributed by atoms with E-state index in [1.165, 1.54) is 12.1 Å². The molecule has 28 heavy (non-hydrogen) atoms. The standard InChI is InChI=1S/C20H23ClN2O4S/c1-15-4-10-19(11-5-15)28(25,26)23(17-8-6-16(21)7-9-17)14-20(24)22-13-18-3-2-12-27-18/h4-11,18H,2-3,12-14H2,1H3,(H,22,24)/t18-/m0/s1. The van der Waals surface area contributed by atoms with Crippen LogP contribution in [0.1, 0.15) is 18.4 Å². The number of sulfonamides is 1. The Bertz CT molecular complexity index is 908. The molecular formula is C20H23ClN2O4S. The average molecular weight is 423 g/mol. The van der Waals surface area contributed by atoms with E-state index in [-0.39, 0.29) is 23.5 Å². The summed E-state index contributed by atoms with van der Waals surface area (Å²) in [7, 11) is -3.92. The Labute approximate surface area is 170 Å². The van der Waals surface area contributed by atoms with Crippen molar-refractivity contribution in [3.63, 3.8) is 0 Å². The second-order valence-electron chi connectivity index (χ2n) is 6.74. The number of rotatable bonds is 7. The number of aryl methyl sites for hydroxylation is 1. The molecule has 6 nitrogen and oxygen atoms in total. The van der Waals surface area contributed by atoms with Crippen molar-refractivity contribution >= 4 is 33.2 Å². The molecule has 1 N–H and O–H groups in total. The predicted molar refractivity (Wildman–Crippen MR) is 109 cm³/mol. The van der Waals surface area contributed by atoms with Crippen LogP contribution >= 0.6 is 11.6 Å². The third-order valence-corrected chi connectivity index (χ3v) is 6.60. The van der Waals surface area contributed by atoms with E-state index >= 15 is 0 Å². The van der Waals surface area contributed by atoms with Crippen molar-refractivity contribution in [2.75, 3.05) is 24.0 Å². The van der Waals surface area contributed by atoms with Gasteiger partial charge in [0, 0.05) is 18.2 Å². The molecule has 1 aliphatic rings. The van der Waals surface area contributed by atoms with Gasteiger partial charge in [-0.15, -0.1) is 0 Å². The van der Waals surface area contributed by atoms with Gasteiger partial charge in [0.25, 0.3) is 10.0 Å². The Morgan fingerprint density at radius 1 is 1.18 bits per heavy atom. The number of anilines is 1. The second kappa shape index (κ2) is 8.94. The summed E-state index contributed by atoms with van der Waals surface area (Å²) in [6.07, 6.45) is 1.85. The fourth-order valence-corrected chi connectivity index (χ4v) is 4.53. The Morgan fingerprint density at radius 3 is 2.46 bits per heavy atom. The van der Waals surface area contributed by atoms with E-state index in [1.807, 2.05) is 6.92 Å². The summed E-state index contributed by atoms with van der Waals surface area (Å²) in [6, 6.07) is 12.9. The number of hydrogen-bond acceptors (Lipinski definition) is 4. The van der Waals surface area contributed by atoms with E-state index < -0.39 is 10.0 Å². The lowest BCUT2D eigenvalue weighted by Crippen LogP contribution is -2.42. The molecule has 0 aromatic heterocycles. The zero-order valence-electron chi connectivity index (χ0n) is 15.6. The highest BCUT2D eigenvalue weighted by molar-refractivity contribution is 7.92. The summed E-state index contributed by atoms with van der Waals surface area (Å²) in [6.45, 7) is 2.62. The molecule has 1 fully saturated rings. The SMILES string of the molecule is Cc1ccc(S(=O)(=O)N(CC(=O)NC[C@@H]2CCCO2)c2ccc(Cl)cc2)cc1. The molecule has 3 rings (SSSR count). The molecule has 2 aromatic carbocycles. The van der Waals surface area contributed by atoms with Crippen LogP contribution in [-0.4, -0.2) is 40.1 Å². The highest BCUT2D eigenvalue weighted by Crippen LogP contribution is 2.25. The van der Waals surface area contributed by atoms with Crippen LogP contribution in [0.2, 0.25) is 5.02 Å². The fraction of sp³-hybridized carbons (Fsp3) is 0.350. The number of nitrogens with one attached hydrogen (secondary N) is 1. The fourth-order valence-electron chi connectivity index (χ4n) is 2.98. The van der Waals surface area contributed by atoms with Crippen LogP contribution in [0.25, 0.3) is 0 Å². The van der Waals surface area contributed by atoms with Crippen LogP contribution in [0.4, 0.5) is 5.69 Å². The number of ether oxygens (including phenoxy) is 1. The van der Waals surface area contributed by atoms with Gasteiger partial charge < -0.3 is 10.1 Å². The smallest absolute Gasteiger partial charge is 0.264 e. The first-order valence-corrected chi connectivity index (χ1v) is 10.9. The van der Waals surface area contributed by atoms with Gasteiger partial charge in [-0.25, -0.2) is 8.42 Å². The first-order chi connectivity index (χ1) is 13.4. The molecule has 0 aliphatic carbocycles. The van der Waals surface area contributed by atoms with Crippen LogP contribution in [0, 0.1) is 6.92 Å². The molecule has 1 saturated heterocycles. The van der Waals surface area contributed by atoms with Crippen molar-refractivity contribution in [2.45, 2.75) is 30.8 Å². The predicted octanol–water partition coefficient (Wildman–Crippen LogP) is 3.14. The third kappa shape index (κ3) is 5.04. The van der Waals surface area contributed by atoms with E-state index in [2.05, 4.69) is 5.32 Å². The quantitative estimate of drug-likeness (QED) is 0.743. The maximum Gasteiger partial charge on any atom is 0.264 e. The Hall–Kier alpha value is -2.09. The van der Waals surface area contributed by atoms with Crippen LogP contribution in [0.5, 0.6) is 0 Å². The van der Waals surface area contributed by atoms with Crippen LogP contribution in [0.3, 0.4) is 0 Å². The van der Waals surface area contributed by atoms with Crippen molar-refractivity contribution in [1.29, 1.82) is 0 Å². The molecular weight excluding hydrogens is 400 g/mol. The third-order valence-electron chi connectivity index (χ3n) is 4.56. The minimum Gasteiger partial charge on any atom is -0.376 e. The number of carbonyl (C=O) groups is 1. The van der Waals surface area contributed by atoms with Crippen molar-refractivity contribution in [3.8, 4) is 0 Å². The molecule has 0 bridgehead atoms. The summed E-state index contributed by atoms with van der Waals surface area (Å²) < 4.78 is 33.0. The lowest BCUT2D eigenvalue weighted by molar-refractivity contribution is -0.120. The maximum absolute atomic E-state index is 13.2. The normalized spacial score (nSPS) is 16.7. The molecule has 1 aliphatic heterocycles. The van der Waals surface area contributed by atoms with Gasteiger partial charge in [-0.2, -0.15) is 0 Å². The van der Waals surface area contributed by atoms with Crippen LogP contribution in [0.15, 0.2) is 53.4 Å². The lowest BCUT2D eigenvalue weighted by Gasteiger charge is -2.24. The summed E-state index contributed by atoms with van der Waals surface area (Å²) >= 11 is 5.93. The van der Waals surface area contributed by atoms with E-state index in [0.29, 0.717) is 23.9 Å². The highest BCUT2D eigenvalue weighted by Gasteiger charge is 2.27. The van der Waals surface area contributed by atoms with Gasteiger partial charge >= 0.3 is 0 Å². The first kappa shape index (κ1) is 20.6. The zero-order chi connectivity index (χ0) is 20.1. The number of halogens is 1.